The molecule has 136 valence electrons. The lowest BCUT2D eigenvalue weighted by Crippen LogP contribution is -2.37. The summed E-state index contributed by atoms with van der Waals surface area (Å²) in [6, 6.07) is 5.63. The van der Waals surface area contributed by atoms with Crippen LogP contribution in [0, 0.1) is 5.82 Å². The quantitative estimate of drug-likeness (QED) is 0.716. The van der Waals surface area contributed by atoms with Gasteiger partial charge in [0.2, 0.25) is 0 Å². The molecule has 9 heteroatoms. The number of aliphatic carboxylic acids is 1. The Kier molecular flexibility index (Phi) is 4.72. The van der Waals surface area contributed by atoms with Crippen molar-refractivity contribution in [3.63, 3.8) is 0 Å². The van der Waals surface area contributed by atoms with E-state index in [4.69, 9.17) is 9.84 Å². The van der Waals surface area contributed by atoms with E-state index in [0.29, 0.717) is 11.3 Å². The molecule has 0 atom stereocenters. The number of halogens is 1. The van der Waals surface area contributed by atoms with E-state index >= 15 is 0 Å². The van der Waals surface area contributed by atoms with Crippen LogP contribution in [0.25, 0.3) is 0 Å². The highest BCUT2D eigenvalue weighted by atomic mass is 19.1. The molecule has 1 aromatic heterocycles. The number of rotatable bonds is 5. The molecule has 0 aliphatic carbocycles. The molecular weight excluding hydrogens is 347 g/mol. The Balaban J connectivity index is 2.08. The minimum Gasteiger partial charge on any atom is -0.506 e. The molecule has 1 amide bonds. The number of fused-ring (bicyclic) bond motifs is 1. The van der Waals surface area contributed by atoms with Crippen molar-refractivity contribution >= 4 is 11.9 Å². The summed E-state index contributed by atoms with van der Waals surface area (Å²) in [5.74, 6) is -3.29. The first-order valence-electron chi connectivity index (χ1n) is 7.68. The second-order valence-electron chi connectivity index (χ2n) is 5.74. The Morgan fingerprint density at radius 3 is 2.77 bits per heavy atom. The zero-order chi connectivity index (χ0) is 18.8. The van der Waals surface area contributed by atoms with E-state index in [1.807, 2.05) is 0 Å². The predicted molar refractivity (Wildman–Crippen MR) is 86.3 cm³/mol. The fraction of sp³-hybridized carbons (Fsp3) is 0.235. The number of carbonyl (C=O) groups excluding carboxylic acids is 1. The van der Waals surface area contributed by atoms with Gasteiger partial charge in [-0.15, -0.1) is 0 Å². The van der Waals surface area contributed by atoms with Crippen molar-refractivity contribution in [1.29, 1.82) is 0 Å². The van der Waals surface area contributed by atoms with Gasteiger partial charge in [-0.1, -0.05) is 12.1 Å². The number of amides is 1. The van der Waals surface area contributed by atoms with Gasteiger partial charge in [0, 0.05) is 5.56 Å². The maximum Gasteiger partial charge on any atom is 0.322 e. The normalized spacial score (nSPS) is 12.7. The van der Waals surface area contributed by atoms with Crippen molar-refractivity contribution in [2.45, 2.75) is 19.8 Å². The minimum atomic E-state index is -1.29. The van der Waals surface area contributed by atoms with E-state index in [1.165, 1.54) is 22.8 Å². The summed E-state index contributed by atoms with van der Waals surface area (Å²) in [5.41, 5.74) is -0.206. The zero-order valence-electron chi connectivity index (χ0n) is 13.5. The largest absolute Gasteiger partial charge is 0.506 e. The van der Waals surface area contributed by atoms with Crippen LogP contribution < -0.4 is 10.9 Å². The molecule has 0 bridgehead atoms. The number of carboxylic acids is 1. The number of ether oxygens (including phenoxy) is 1. The lowest BCUT2D eigenvalue weighted by atomic mass is 10.1. The van der Waals surface area contributed by atoms with Crippen molar-refractivity contribution in [2.75, 3.05) is 6.54 Å². The predicted octanol–water partition coefficient (Wildman–Crippen LogP) is 0.586. The number of hydrogen-bond acceptors (Lipinski definition) is 5. The van der Waals surface area contributed by atoms with Gasteiger partial charge in [0.05, 0.1) is 25.5 Å². The number of benzene rings is 1. The third kappa shape index (κ3) is 3.29. The molecule has 26 heavy (non-hydrogen) atoms. The van der Waals surface area contributed by atoms with E-state index in [1.54, 1.807) is 6.07 Å². The maximum atomic E-state index is 13.4. The number of pyridine rings is 1. The van der Waals surface area contributed by atoms with Crippen LogP contribution in [-0.2, 0) is 29.3 Å². The van der Waals surface area contributed by atoms with Crippen molar-refractivity contribution in [3.05, 3.63) is 62.8 Å². The van der Waals surface area contributed by atoms with Crippen LogP contribution in [-0.4, -0.2) is 33.2 Å². The molecule has 1 aliphatic heterocycles. The number of carbonyl (C=O) groups is 2. The first kappa shape index (κ1) is 17.6. The molecule has 0 radical (unpaired) electrons. The highest BCUT2D eigenvalue weighted by Crippen LogP contribution is 2.30. The molecule has 0 spiro atoms. The molecule has 3 N–H and O–H groups in total. The van der Waals surface area contributed by atoms with Gasteiger partial charge in [-0.2, -0.15) is 0 Å². The van der Waals surface area contributed by atoms with Crippen molar-refractivity contribution in [2.24, 2.45) is 0 Å². The Hall–Kier alpha value is -3.20. The average Bonchev–Trinajstić information content (AvgIpc) is 3.07. The Morgan fingerprint density at radius 1 is 1.31 bits per heavy atom. The second kappa shape index (κ2) is 6.96. The molecule has 2 heterocycles. The van der Waals surface area contributed by atoms with E-state index in [0.717, 1.165) is 0 Å². The third-order valence-electron chi connectivity index (χ3n) is 4.00. The van der Waals surface area contributed by atoms with Crippen LogP contribution >= 0.6 is 0 Å². The number of carboxylic acid groups (broad SMARTS) is 1. The Morgan fingerprint density at radius 2 is 2.08 bits per heavy atom. The first-order chi connectivity index (χ1) is 12.4. The summed E-state index contributed by atoms with van der Waals surface area (Å²) >= 11 is 0. The van der Waals surface area contributed by atoms with E-state index in [-0.39, 0.29) is 25.3 Å². The molecule has 0 fully saturated rings. The molecule has 0 saturated carbocycles. The van der Waals surface area contributed by atoms with Gasteiger partial charge < -0.3 is 24.8 Å². The van der Waals surface area contributed by atoms with Crippen LogP contribution in [0.5, 0.6) is 5.75 Å². The van der Waals surface area contributed by atoms with E-state index < -0.39 is 41.1 Å². The molecule has 0 unspecified atom stereocenters. The van der Waals surface area contributed by atoms with Crippen molar-refractivity contribution in [3.8, 4) is 5.75 Å². The van der Waals surface area contributed by atoms with Crippen LogP contribution in [0.15, 0.2) is 29.1 Å². The van der Waals surface area contributed by atoms with E-state index in [9.17, 15) is 23.9 Å². The SMILES string of the molecule is O=C(O)CNC(=O)c1c(O)c2c(n(Cc3cccc(F)c3)c1=O)COC2. The summed E-state index contributed by atoms with van der Waals surface area (Å²) in [7, 11) is 0. The van der Waals surface area contributed by atoms with Gasteiger partial charge in [0.15, 0.2) is 0 Å². The molecule has 1 aliphatic rings. The average molecular weight is 362 g/mol. The number of nitrogens with zero attached hydrogens (tertiary/aromatic N) is 1. The van der Waals surface area contributed by atoms with E-state index in [2.05, 4.69) is 5.32 Å². The smallest absolute Gasteiger partial charge is 0.322 e. The first-order valence-corrected chi connectivity index (χ1v) is 7.68. The topological polar surface area (TPSA) is 118 Å². The highest BCUT2D eigenvalue weighted by Gasteiger charge is 2.29. The van der Waals surface area contributed by atoms with Gasteiger partial charge in [-0.25, -0.2) is 4.39 Å². The summed E-state index contributed by atoms with van der Waals surface area (Å²) in [6.07, 6.45) is 0. The Bertz CT molecular complexity index is 953. The van der Waals surface area contributed by atoms with Gasteiger partial charge in [0.25, 0.3) is 11.5 Å². The molecule has 3 rings (SSSR count). The van der Waals surface area contributed by atoms with Gasteiger partial charge in [0.1, 0.15) is 23.7 Å². The highest BCUT2D eigenvalue weighted by molar-refractivity contribution is 5.98. The second-order valence-corrected chi connectivity index (χ2v) is 5.74. The summed E-state index contributed by atoms with van der Waals surface area (Å²) in [6.45, 7) is -0.661. The number of hydrogen-bond donors (Lipinski definition) is 3. The minimum absolute atomic E-state index is 0.00378. The molecule has 8 nitrogen and oxygen atoms in total. The fourth-order valence-corrected chi connectivity index (χ4v) is 2.81. The summed E-state index contributed by atoms with van der Waals surface area (Å²) < 4.78 is 19.9. The van der Waals surface area contributed by atoms with Gasteiger partial charge in [-0.05, 0) is 17.7 Å². The number of nitrogens with one attached hydrogen (secondary N) is 1. The molecule has 2 aromatic rings. The standard InChI is InChI=1S/C17H15FN2O6/c18-10-3-1-2-9(4-10)6-20-12-8-26-7-11(12)15(23)14(17(20)25)16(24)19-5-13(21)22/h1-4,23H,5-8H2,(H,19,24)(H,21,22). The van der Waals surface area contributed by atoms with Gasteiger partial charge in [-0.3, -0.25) is 14.4 Å². The third-order valence-corrected chi connectivity index (χ3v) is 4.00. The molecule has 0 saturated heterocycles. The van der Waals surface area contributed by atoms with Crippen molar-refractivity contribution in [1.82, 2.24) is 9.88 Å². The lowest BCUT2D eigenvalue weighted by Gasteiger charge is -2.15. The Labute approximate surface area is 146 Å². The van der Waals surface area contributed by atoms with Crippen molar-refractivity contribution < 1.29 is 28.9 Å². The molecule has 1 aromatic carbocycles. The van der Waals surface area contributed by atoms with Crippen LogP contribution in [0.3, 0.4) is 0 Å². The van der Waals surface area contributed by atoms with Gasteiger partial charge >= 0.3 is 5.97 Å². The van der Waals surface area contributed by atoms with Crippen LogP contribution in [0.1, 0.15) is 27.2 Å². The number of aromatic nitrogens is 1. The van der Waals surface area contributed by atoms with Crippen LogP contribution in [0.4, 0.5) is 4.39 Å². The number of aromatic hydroxyl groups is 1. The summed E-state index contributed by atoms with van der Waals surface area (Å²) in [5, 5.41) is 21.0. The molecular formula is C17H15FN2O6. The lowest BCUT2D eigenvalue weighted by molar-refractivity contribution is -0.135. The van der Waals surface area contributed by atoms with Crippen LogP contribution in [0.2, 0.25) is 0 Å². The zero-order valence-corrected chi connectivity index (χ0v) is 13.5. The maximum absolute atomic E-state index is 13.4. The summed E-state index contributed by atoms with van der Waals surface area (Å²) in [4.78, 5) is 35.6. The monoisotopic (exact) mass is 362 g/mol. The fourth-order valence-electron chi connectivity index (χ4n) is 2.81.